The van der Waals surface area contributed by atoms with Gasteiger partial charge in [-0.05, 0) is 43.9 Å². The number of nitrogens with zero attached hydrogens (tertiary/aromatic N) is 2. The molecule has 0 bridgehead atoms. The average Bonchev–Trinajstić information content (AvgIpc) is 3.25. The Morgan fingerprint density at radius 3 is 2.44 bits per heavy atom. The molecule has 0 atom stereocenters. The summed E-state index contributed by atoms with van der Waals surface area (Å²) in [5.74, 6) is 2.75. The number of rotatable bonds is 4. The lowest BCUT2D eigenvalue weighted by Crippen LogP contribution is -2.43. The zero-order valence-electron chi connectivity index (χ0n) is 15.9. The number of ether oxygens (including phenoxy) is 1. The highest BCUT2D eigenvalue weighted by Crippen LogP contribution is 2.30. The van der Waals surface area contributed by atoms with E-state index in [2.05, 4.69) is 4.90 Å². The third-order valence-corrected chi connectivity index (χ3v) is 7.26. The molecule has 1 aromatic carbocycles. The van der Waals surface area contributed by atoms with Crippen LogP contribution in [0.2, 0.25) is 5.02 Å². The van der Waals surface area contributed by atoms with Crippen molar-refractivity contribution in [3.8, 4) is 5.75 Å². The molecule has 27 heavy (non-hydrogen) atoms. The van der Waals surface area contributed by atoms with Crippen molar-refractivity contribution in [2.75, 3.05) is 37.7 Å². The lowest BCUT2D eigenvalue weighted by Gasteiger charge is -2.36. The van der Waals surface area contributed by atoms with Crippen LogP contribution < -0.4 is 4.74 Å². The molecule has 148 valence electrons. The van der Waals surface area contributed by atoms with Crippen molar-refractivity contribution < 1.29 is 9.53 Å². The maximum absolute atomic E-state index is 13.0. The van der Waals surface area contributed by atoms with E-state index in [-0.39, 0.29) is 12.0 Å². The Bertz CT molecular complexity index is 652. The summed E-state index contributed by atoms with van der Waals surface area (Å²) in [5.41, 5.74) is 0.618. The number of piperidine rings is 1. The van der Waals surface area contributed by atoms with Gasteiger partial charge in [-0.25, -0.2) is 0 Å². The largest absolute Gasteiger partial charge is 0.489 e. The minimum absolute atomic E-state index is 0.0520. The SMILES string of the molecule is O=C(c1cc(Cl)ccc1OC1CCN(C2CCCC2)CC1)N1CCSCC1. The Morgan fingerprint density at radius 2 is 1.74 bits per heavy atom. The summed E-state index contributed by atoms with van der Waals surface area (Å²) in [6, 6.07) is 6.26. The standard InChI is InChI=1S/C21H29ClN2O2S/c22-16-5-6-20(19(15-16)21(25)24-11-13-27-14-12-24)26-18-7-9-23(10-8-18)17-3-1-2-4-17/h5-6,15,17-18H,1-4,7-14H2. The Morgan fingerprint density at radius 1 is 1.04 bits per heavy atom. The molecule has 2 aliphatic heterocycles. The molecule has 0 radical (unpaired) electrons. The molecule has 1 aromatic rings. The smallest absolute Gasteiger partial charge is 0.257 e. The number of hydrogen-bond donors (Lipinski definition) is 0. The molecule has 4 nitrogen and oxygen atoms in total. The van der Waals surface area contributed by atoms with Crippen LogP contribution in [0.3, 0.4) is 0 Å². The van der Waals surface area contributed by atoms with Crippen LogP contribution in [0.15, 0.2) is 18.2 Å². The summed E-state index contributed by atoms with van der Waals surface area (Å²) >= 11 is 8.10. The van der Waals surface area contributed by atoms with Crippen molar-refractivity contribution in [2.24, 2.45) is 0 Å². The predicted molar refractivity (Wildman–Crippen MR) is 112 cm³/mol. The van der Waals surface area contributed by atoms with Crippen LogP contribution in [-0.4, -0.2) is 65.5 Å². The van der Waals surface area contributed by atoms with Crippen LogP contribution in [0.25, 0.3) is 0 Å². The minimum atomic E-state index is 0.0520. The molecule has 1 amide bonds. The maximum atomic E-state index is 13.0. The Kier molecular flexibility index (Phi) is 6.51. The zero-order chi connectivity index (χ0) is 18.6. The van der Waals surface area contributed by atoms with E-state index < -0.39 is 0 Å². The molecule has 0 unspecified atom stereocenters. The molecule has 1 saturated carbocycles. The lowest BCUT2D eigenvalue weighted by atomic mass is 10.0. The normalized spacial score (nSPS) is 22.9. The molecular weight excluding hydrogens is 380 g/mol. The van der Waals surface area contributed by atoms with E-state index in [9.17, 15) is 4.79 Å². The number of thioether (sulfide) groups is 1. The summed E-state index contributed by atoms with van der Waals surface area (Å²) in [6.07, 6.45) is 7.73. The topological polar surface area (TPSA) is 32.8 Å². The van der Waals surface area contributed by atoms with Crippen LogP contribution in [0.5, 0.6) is 5.75 Å². The van der Waals surface area contributed by atoms with E-state index in [1.54, 1.807) is 6.07 Å². The lowest BCUT2D eigenvalue weighted by molar-refractivity contribution is 0.0704. The molecule has 3 aliphatic rings. The fourth-order valence-corrected chi connectivity index (χ4v) is 5.59. The van der Waals surface area contributed by atoms with Crippen molar-refractivity contribution in [3.05, 3.63) is 28.8 Å². The molecule has 2 saturated heterocycles. The third-order valence-electron chi connectivity index (χ3n) is 6.08. The van der Waals surface area contributed by atoms with E-state index in [0.29, 0.717) is 16.3 Å². The molecular formula is C21H29ClN2O2S. The minimum Gasteiger partial charge on any atom is -0.489 e. The molecule has 0 N–H and O–H groups in total. The van der Waals surface area contributed by atoms with Crippen LogP contribution >= 0.6 is 23.4 Å². The summed E-state index contributed by atoms with van der Waals surface area (Å²) in [6.45, 7) is 3.82. The molecule has 2 heterocycles. The molecule has 0 spiro atoms. The van der Waals surface area contributed by atoms with Gasteiger partial charge in [0.2, 0.25) is 0 Å². The highest BCUT2D eigenvalue weighted by atomic mass is 35.5. The number of carbonyl (C=O) groups excluding carboxylic acids is 1. The average molecular weight is 409 g/mol. The van der Waals surface area contributed by atoms with E-state index >= 15 is 0 Å². The summed E-state index contributed by atoms with van der Waals surface area (Å²) in [7, 11) is 0. The second-order valence-electron chi connectivity index (χ2n) is 7.84. The quantitative estimate of drug-likeness (QED) is 0.742. The van der Waals surface area contributed by atoms with Crippen LogP contribution in [0.4, 0.5) is 0 Å². The van der Waals surface area contributed by atoms with Gasteiger partial charge in [0.05, 0.1) is 5.56 Å². The van der Waals surface area contributed by atoms with E-state index in [4.69, 9.17) is 16.3 Å². The van der Waals surface area contributed by atoms with Gasteiger partial charge in [0.15, 0.2) is 0 Å². The number of amides is 1. The van der Waals surface area contributed by atoms with Crippen LogP contribution in [0.1, 0.15) is 48.9 Å². The number of hydrogen-bond acceptors (Lipinski definition) is 4. The van der Waals surface area contributed by atoms with Crippen LogP contribution in [-0.2, 0) is 0 Å². The number of carbonyl (C=O) groups is 1. The van der Waals surface area contributed by atoms with Gasteiger partial charge in [-0.1, -0.05) is 24.4 Å². The predicted octanol–water partition coefficient (Wildman–Crippen LogP) is 4.31. The molecule has 1 aliphatic carbocycles. The van der Waals surface area contributed by atoms with Gasteiger partial charge in [-0.2, -0.15) is 11.8 Å². The second-order valence-corrected chi connectivity index (χ2v) is 9.50. The fourth-order valence-electron chi connectivity index (χ4n) is 4.52. The molecule has 3 fully saturated rings. The van der Waals surface area contributed by atoms with Gasteiger partial charge in [0, 0.05) is 48.7 Å². The van der Waals surface area contributed by atoms with Gasteiger partial charge in [-0.15, -0.1) is 0 Å². The monoisotopic (exact) mass is 408 g/mol. The Hall–Kier alpha value is -0.910. The first-order chi connectivity index (χ1) is 13.2. The van der Waals surface area contributed by atoms with Gasteiger partial charge < -0.3 is 14.5 Å². The highest BCUT2D eigenvalue weighted by molar-refractivity contribution is 7.99. The first-order valence-corrected chi connectivity index (χ1v) is 11.8. The number of benzene rings is 1. The van der Waals surface area contributed by atoms with Crippen molar-refractivity contribution in [2.45, 2.75) is 50.7 Å². The third kappa shape index (κ3) is 4.75. The van der Waals surface area contributed by atoms with Gasteiger partial charge in [-0.3, -0.25) is 4.79 Å². The maximum Gasteiger partial charge on any atom is 0.257 e. The number of likely N-dealkylation sites (tertiary alicyclic amines) is 1. The van der Waals surface area contributed by atoms with Gasteiger partial charge in [0.1, 0.15) is 11.9 Å². The summed E-state index contributed by atoms with van der Waals surface area (Å²) in [4.78, 5) is 17.6. The van der Waals surface area contributed by atoms with Crippen molar-refractivity contribution >= 4 is 29.3 Å². The highest BCUT2D eigenvalue weighted by Gasteiger charge is 2.29. The van der Waals surface area contributed by atoms with Gasteiger partial charge >= 0.3 is 0 Å². The summed E-state index contributed by atoms with van der Waals surface area (Å²) in [5, 5.41) is 0.591. The van der Waals surface area contributed by atoms with E-state index in [1.807, 2.05) is 28.8 Å². The van der Waals surface area contributed by atoms with Crippen molar-refractivity contribution in [1.82, 2.24) is 9.80 Å². The Balaban J connectivity index is 1.40. The number of halogens is 1. The first kappa shape index (κ1) is 19.4. The van der Waals surface area contributed by atoms with Gasteiger partial charge in [0.25, 0.3) is 5.91 Å². The van der Waals surface area contributed by atoms with E-state index in [0.717, 1.165) is 56.6 Å². The molecule has 0 aromatic heterocycles. The zero-order valence-corrected chi connectivity index (χ0v) is 17.4. The molecule has 6 heteroatoms. The van der Waals surface area contributed by atoms with E-state index in [1.165, 1.54) is 25.7 Å². The first-order valence-electron chi connectivity index (χ1n) is 10.3. The summed E-state index contributed by atoms with van der Waals surface area (Å²) < 4.78 is 6.33. The molecule has 4 rings (SSSR count). The van der Waals surface area contributed by atoms with Crippen molar-refractivity contribution in [1.29, 1.82) is 0 Å². The Labute approximate surface area is 171 Å². The second kappa shape index (κ2) is 9.06. The van der Waals surface area contributed by atoms with Crippen LogP contribution in [0, 0.1) is 0 Å². The van der Waals surface area contributed by atoms with Crippen molar-refractivity contribution in [3.63, 3.8) is 0 Å². The fraction of sp³-hybridized carbons (Fsp3) is 0.667.